The molecule has 0 unspecified atom stereocenters. The Morgan fingerprint density at radius 2 is 1.67 bits per heavy atom. The minimum absolute atomic E-state index is 0.0859. The van der Waals surface area contributed by atoms with Crippen LogP contribution in [0.5, 0.6) is 11.5 Å². The molecule has 1 aromatic heterocycles. The molecule has 2 aromatic carbocycles. The van der Waals surface area contributed by atoms with Crippen molar-refractivity contribution in [1.82, 2.24) is 8.87 Å². The number of benzene rings is 2. The smallest absolute Gasteiger partial charge is 0.325 e. The van der Waals surface area contributed by atoms with Crippen molar-refractivity contribution >= 4 is 43.5 Å². The van der Waals surface area contributed by atoms with Crippen LogP contribution < -0.4 is 14.3 Å². The van der Waals surface area contributed by atoms with E-state index in [9.17, 15) is 18.0 Å². The number of sulfonamides is 1. The number of carbonyl (C=O) groups is 2. The number of morpholine rings is 1. The van der Waals surface area contributed by atoms with Crippen LogP contribution in [0.4, 0.5) is 0 Å². The van der Waals surface area contributed by atoms with Gasteiger partial charge in [-0.05, 0) is 24.3 Å². The van der Waals surface area contributed by atoms with Crippen molar-refractivity contribution in [3.63, 3.8) is 0 Å². The molecule has 36 heavy (non-hydrogen) atoms. The van der Waals surface area contributed by atoms with Crippen molar-refractivity contribution in [2.45, 2.75) is 11.4 Å². The number of hydrogen-bond acceptors (Lipinski definition) is 9. The summed E-state index contributed by atoms with van der Waals surface area (Å²) in [5.74, 6) is -0.159. The van der Waals surface area contributed by atoms with E-state index in [1.165, 1.54) is 61.2 Å². The normalized spacial score (nSPS) is 15.1. The van der Waals surface area contributed by atoms with Crippen LogP contribution in [0.3, 0.4) is 0 Å². The average molecular weight is 536 g/mol. The zero-order valence-electron chi connectivity index (χ0n) is 19.9. The molecular formula is C23H25N3O8S2. The number of carbonyl (C=O) groups excluding carboxylic acids is 2. The predicted molar refractivity (Wildman–Crippen MR) is 131 cm³/mol. The van der Waals surface area contributed by atoms with Gasteiger partial charge in [0.05, 0.1) is 49.7 Å². The Balaban J connectivity index is 1.71. The minimum Gasteiger partial charge on any atom is -0.493 e. The molecule has 0 radical (unpaired) electrons. The SMILES string of the molecule is COC(=O)Cn1c(=NC(=O)c2ccc(S(=O)(=O)N3CCOCC3)cc2)sc2cc(OC)c(OC)cc21. The molecule has 4 rings (SSSR count). The summed E-state index contributed by atoms with van der Waals surface area (Å²) in [5.41, 5.74) is 0.815. The first-order chi connectivity index (χ1) is 17.3. The third-order valence-corrected chi connectivity index (χ3v) is 8.56. The number of esters is 1. The van der Waals surface area contributed by atoms with Crippen LogP contribution in [-0.4, -0.2) is 76.8 Å². The molecular weight excluding hydrogens is 510 g/mol. The summed E-state index contributed by atoms with van der Waals surface area (Å²) in [7, 11) is 0.600. The lowest BCUT2D eigenvalue weighted by molar-refractivity contribution is -0.141. The van der Waals surface area contributed by atoms with Crippen molar-refractivity contribution in [2.24, 2.45) is 4.99 Å². The van der Waals surface area contributed by atoms with E-state index < -0.39 is 21.9 Å². The molecule has 0 bridgehead atoms. The number of rotatable bonds is 7. The molecule has 1 amide bonds. The lowest BCUT2D eigenvalue weighted by atomic mass is 10.2. The van der Waals surface area contributed by atoms with Gasteiger partial charge in [-0.1, -0.05) is 11.3 Å². The van der Waals surface area contributed by atoms with E-state index in [-0.39, 0.29) is 34.9 Å². The van der Waals surface area contributed by atoms with Crippen LogP contribution >= 0.6 is 11.3 Å². The van der Waals surface area contributed by atoms with Crippen LogP contribution in [0.1, 0.15) is 10.4 Å². The highest BCUT2D eigenvalue weighted by Crippen LogP contribution is 2.33. The van der Waals surface area contributed by atoms with Gasteiger partial charge in [-0.25, -0.2) is 8.42 Å². The topological polar surface area (TPSA) is 126 Å². The van der Waals surface area contributed by atoms with Gasteiger partial charge in [0.1, 0.15) is 6.54 Å². The summed E-state index contributed by atoms with van der Waals surface area (Å²) >= 11 is 1.19. The van der Waals surface area contributed by atoms with Gasteiger partial charge >= 0.3 is 5.97 Å². The number of fused-ring (bicyclic) bond motifs is 1. The second-order valence-electron chi connectivity index (χ2n) is 7.68. The zero-order valence-corrected chi connectivity index (χ0v) is 21.6. The second-order valence-corrected chi connectivity index (χ2v) is 10.6. The van der Waals surface area contributed by atoms with Crippen LogP contribution in [0, 0.1) is 0 Å². The summed E-state index contributed by atoms with van der Waals surface area (Å²) in [4.78, 5) is 29.6. The molecule has 0 aliphatic carbocycles. The Bertz CT molecular complexity index is 1450. The number of amides is 1. The molecule has 0 spiro atoms. The van der Waals surface area contributed by atoms with E-state index in [4.69, 9.17) is 18.9 Å². The van der Waals surface area contributed by atoms with Crippen molar-refractivity contribution in [2.75, 3.05) is 47.6 Å². The molecule has 1 aliphatic heterocycles. The quantitative estimate of drug-likeness (QED) is 0.418. The lowest BCUT2D eigenvalue weighted by Gasteiger charge is -2.26. The van der Waals surface area contributed by atoms with E-state index in [0.29, 0.717) is 30.2 Å². The molecule has 13 heteroatoms. The monoisotopic (exact) mass is 535 g/mol. The third-order valence-electron chi connectivity index (χ3n) is 5.61. The molecule has 1 fully saturated rings. The maximum Gasteiger partial charge on any atom is 0.325 e. The molecule has 1 aliphatic rings. The van der Waals surface area contributed by atoms with Crippen LogP contribution in [-0.2, 0) is 30.8 Å². The Morgan fingerprint density at radius 3 is 2.28 bits per heavy atom. The lowest BCUT2D eigenvalue weighted by Crippen LogP contribution is -2.40. The number of aromatic nitrogens is 1. The predicted octanol–water partition coefficient (Wildman–Crippen LogP) is 1.66. The summed E-state index contributed by atoms with van der Waals surface area (Å²) in [5, 5.41) is 0. The Labute approximate surface area is 211 Å². The fourth-order valence-electron chi connectivity index (χ4n) is 3.69. The number of nitrogens with zero attached hydrogens (tertiary/aromatic N) is 3. The average Bonchev–Trinajstić information content (AvgIpc) is 3.23. The first-order valence-corrected chi connectivity index (χ1v) is 13.1. The van der Waals surface area contributed by atoms with Crippen molar-refractivity contribution in [1.29, 1.82) is 0 Å². The highest BCUT2D eigenvalue weighted by molar-refractivity contribution is 7.89. The van der Waals surface area contributed by atoms with E-state index in [0.717, 1.165) is 4.70 Å². The van der Waals surface area contributed by atoms with E-state index in [2.05, 4.69) is 4.99 Å². The van der Waals surface area contributed by atoms with Crippen LogP contribution in [0.15, 0.2) is 46.3 Å². The van der Waals surface area contributed by atoms with E-state index >= 15 is 0 Å². The standard InChI is InChI=1S/C23H25N3O8S2/c1-31-18-12-17-20(13-19(18)32-2)35-23(26(17)14-21(27)33-3)24-22(28)15-4-6-16(7-5-15)36(29,30)25-8-10-34-11-9-25/h4-7,12-13H,8-11,14H2,1-3H3. The highest BCUT2D eigenvalue weighted by atomic mass is 32.2. The molecule has 1 saturated heterocycles. The maximum atomic E-state index is 13.0. The Hall–Kier alpha value is -3.26. The van der Waals surface area contributed by atoms with Crippen LogP contribution in [0.2, 0.25) is 0 Å². The molecule has 0 saturated carbocycles. The van der Waals surface area contributed by atoms with Crippen molar-refractivity contribution < 1.29 is 37.0 Å². The van der Waals surface area contributed by atoms with Gasteiger partial charge in [-0.15, -0.1) is 0 Å². The van der Waals surface area contributed by atoms with E-state index in [1.807, 2.05) is 0 Å². The molecule has 0 N–H and O–H groups in total. The van der Waals surface area contributed by atoms with Gasteiger partial charge in [-0.2, -0.15) is 9.30 Å². The van der Waals surface area contributed by atoms with Crippen LogP contribution in [0.25, 0.3) is 10.2 Å². The van der Waals surface area contributed by atoms with Crippen molar-refractivity contribution in [3.8, 4) is 11.5 Å². The van der Waals surface area contributed by atoms with Gasteiger partial charge < -0.3 is 23.5 Å². The van der Waals surface area contributed by atoms with Gasteiger partial charge in [0.2, 0.25) is 10.0 Å². The highest BCUT2D eigenvalue weighted by Gasteiger charge is 2.26. The molecule has 192 valence electrons. The summed E-state index contributed by atoms with van der Waals surface area (Å²) in [6.45, 7) is 1.06. The van der Waals surface area contributed by atoms with Gasteiger partial charge in [0.15, 0.2) is 16.3 Å². The summed E-state index contributed by atoms with van der Waals surface area (Å²) in [6.07, 6.45) is 0. The zero-order chi connectivity index (χ0) is 25.9. The molecule has 11 nitrogen and oxygen atoms in total. The van der Waals surface area contributed by atoms with Gasteiger partial charge in [0.25, 0.3) is 5.91 Å². The Kier molecular flexibility index (Phi) is 7.73. The Morgan fingerprint density at radius 1 is 1.03 bits per heavy atom. The molecule has 0 atom stereocenters. The number of thiazole rings is 1. The number of hydrogen-bond donors (Lipinski definition) is 0. The fraction of sp³-hybridized carbons (Fsp3) is 0.348. The first kappa shape index (κ1) is 25.8. The van der Waals surface area contributed by atoms with Crippen molar-refractivity contribution in [3.05, 3.63) is 46.8 Å². The minimum atomic E-state index is -3.68. The number of ether oxygens (including phenoxy) is 4. The summed E-state index contributed by atoms with van der Waals surface area (Å²) < 4.78 is 50.0. The maximum absolute atomic E-state index is 13.0. The summed E-state index contributed by atoms with van der Waals surface area (Å²) in [6, 6.07) is 9.05. The fourth-order valence-corrected chi connectivity index (χ4v) is 6.13. The third kappa shape index (κ3) is 5.14. The van der Waals surface area contributed by atoms with Gasteiger partial charge in [0, 0.05) is 30.8 Å². The molecule has 3 aromatic rings. The van der Waals surface area contributed by atoms with Gasteiger partial charge in [-0.3, -0.25) is 9.59 Å². The second kappa shape index (κ2) is 10.8. The first-order valence-electron chi connectivity index (χ1n) is 10.9. The molecule has 2 heterocycles. The number of methoxy groups -OCH3 is 3. The largest absolute Gasteiger partial charge is 0.493 e. The van der Waals surface area contributed by atoms with E-state index in [1.54, 1.807) is 16.7 Å².